The molecule has 0 bridgehead atoms. The summed E-state index contributed by atoms with van der Waals surface area (Å²) in [5.41, 5.74) is 4.57. The first-order valence-electron chi connectivity index (χ1n) is 5.90. The third kappa shape index (κ3) is 1.30. The van der Waals surface area contributed by atoms with Gasteiger partial charge in [-0.2, -0.15) is 0 Å². The van der Waals surface area contributed by atoms with Crippen LogP contribution in [-0.2, 0) is 5.41 Å². The molecule has 0 saturated carbocycles. The molecule has 0 N–H and O–H groups in total. The molecule has 0 heterocycles. The summed E-state index contributed by atoms with van der Waals surface area (Å²) < 4.78 is 0. The molecule has 1 aliphatic carbocycles. The lowest BCUT2D eigenvalue weighted by molar-refractivity contribution is -0.384. The molecule has 90 valence electrons. The van der Waals surface area contributed by atoms with Crippen LogP contribution in [0, 0.1) is 10.1 Å². The van der Waals surface area contributed by atoms with E-state index >= 15 is 0 Å². The van der Waals surface area contributed by atoms with Crippen molar-refractivity contribution in [2.24, 2.45) is 0 Å². The van der Waals surface area contributed by atoms with Crippen molar-refractivity contribution in [3.63, 3.8) is 0 Å². The second-order valence-corrected chi connectivity index (χ2v) is 5.16. The lowest BCUT2D eigenvalue weighted by atomic mass is 9.82. The van der Waals surface area contributed by atoms with Crippen molar-refractivity contribution in [1.29, 1.82) is 0 Å². The monoisotopic (exact) mass is 239 g/mol. The highest BCUT2D eigenvalue weighted by Crippen LogP contribution is 2.49. The number of hydrogen-bond acceptors (Lipinski definition) is 2. The Bertz CT molecular complexity index is 659. The topological polar surface area (TPSA) is 43.1 Å². The largest absolute Gasteiger partial charge is 0.270 e. The summed E-state index contributed by atoms with van der Waals surface area (Å²) in [5, 5.41) is 10.9. The van der Waals surface area contributed by atoms with Crippen LogP contribution in [0.4, 0.5) is 5.69 Å². The van der Waals surface area contributed by atoms with E-state index in [0.29, 0.717) is 0 Å². The van der Waals surface area contributed by atoms with Crippen molar-refractivity contribution in [2.75, 3.05) is 0 Å². The van der Waals surface area contributed by atoms with Crippen molar-refractivity contribution in [3.8, 4) is 11.1 Å². The molecule has 0 aromatic heterocycles. The smallest absolute Gasteiger partial charge is 0.258 e. The summed E-state index contributed by atoms with van der Waals surface area (Å²) >= 11 is 0. The fraction of sp³-hybridized carbons (Fsp3) is 0.200. The molecule has 18 heavy (non-hydrogen) atoms. The highest BCUT2D eigenvalue weighted by Gasteiger charge is 2.35. The number of non-ortho nitro benzene ring substituents is 1. The van der Waals surface area contributed by atoms with Crippen LogP contribution in [0.1, 0.15) is 25.0 Å². The van der Waals surface area contributed by atoms with Gasteiger partial charge in [-0.3, -0.25) is 10.1 Å². The summed E-state index contributed by atoms with van der Waals surface area (Å²) in [4.78, 5) is 10.5. The average molecular weight is 239 g/mol. The Balaban J connectivity index is 2.33. The Labute approximate surface area is 105 Å². The Hall–Kier alpha value is -2.16. The molecule has 3 heteroatoms. The minimum absolute atomic E-state index is 0.0823. The Morgan fingerprint density at radius 3 is 2.39 bits per heavy atom. The third-order valence-corrected chi connectivity index (χ3v) is 3.78. The molecule has 0 fully saturated rings. The predicted octanol–water partition coefficient (Wildman–Crippen LogP) is 3.90. The van der Waals surface area contributed by atoms with Gasteiger partial charge in [0.1, 0.15) is 0 Å². The first-order valence-corrected chi connectivity index (χ1v) is 5.90. The molecule has 0 amide bonds. The Kier molecular flexibility index (Phi) is 2.08. The zero-order valence-electron chi connectivity index (χ0n) is 10.3. The van der Waals surface area contributed by atoms with Gasteiger partial charge in [-0.25, -0.2) is 0 Å². The molecule has 0 unspecified atom stereocenters. The summed E-state index contributed by atoms with van der Waals surface area (Å²) in [6.45, 7) is 4.31. The van der Waals surface area contributed by atoms with Crippen molar-refractivity contribution >= 4 is 5.69 Å². The second-order valence-electron chi connectivity index (χ2n) is 5.16. The molecule has 2 aromatic carbocycles. The van der Waals surface area contributed by atoms with Crippen LogP contribution >= 0.6 is 0 Å². The van der Waals surface area contributed by atoms with E-state index in [4.69, 9.17) is 0 Å². The van der Waals surface area contributed by atoms with E-state index in [-0.39, 0.29) is 16.0 Å². The molecular weight excluding hydrogens is 226 g/mol. The number of nitro benzene ring substituents is 1. The van der Waals surface area contributed by atoms with Crippen molar-refractivity contribution in [1.82, 2.24) is 0 Å². The number of hydrogen-bond donors (Lipinski definition) is 0. The van der Waals surface area contributed by atoms with Gasteiger partial charge in [-0.1, -0.05) is 44.2 Å². The zero-order chi connectivity index (χ0) is 12.9. The summed E-state index contributed by atoms with van der Waals surface area (Å²) in [5.74, 6) is 0. The number of rotatable bonds is 1. The minimum atomic E-state index is -0.339. The van der Waals surface area contributed by atoms with Crippen molar-refractivity contribution < 1.29 is 4.92 Å². The van der Waals surface area contributed by atoms with Gasteiger partial charge in [0.2, 0.25) is 0 Å². The van der Waals surface area contributed by atoms with Crippen molar-refractivity contribution in [2.45, 2.75) is 19.3 Å². The van der Waals surface area contributed by atoms with Gasteiger partial charge in [0, 0.05) is 17.5 Å². The number of benzene rings is 2. The van der Waals surface area contributed by atoms with E-state index in [1.165, 1.54) is 5.56 Å². The third-order valence-electron chi connectivity index (χ3n) is 3.78. The molecule has 3 nitrogen and oxygen atoms in total. The molecular formula is C15H13NO2. The van der Waals surface area contributed by atoms with Gasteiger partial charge < -0.3 is 0 Å². The average Bonchev–Trinajstić information content (AvgIpc) is 2.59. The van der Waals surface area contributed by atoms with Crippen LogP contribution in [0.2, 0.25) is 0 Å². The maximum Gasteiger partial charge on any atom is 0.270 e. The van der Waals surface area contributed by atoms with Gasteiger partial charge >= 0.3 is 0 Å². The van der Waals surface area contributed by atoms with Gasteiger partial charge in [-0.15, -0.1) is 0 Å². The SMILES string of the molecule is CC1(C)c2ccccc2-c2cc([N+](=O)[O-])ccc21. The molecule has 0 radical (unpaired) electrons. The second kappa shape index (κ2) is 3.42. The van der Waals surface area contributed by atoms with E-state index in [9.17, 15) is 10.1 Å². The van der Waals surface area contributed by atoms with E-state index < -0.39 is 0 Å². The summed E-state index contributed by atoms with van der Waals surface area (Å²) in [6.07, 6.45) is 0. The maximum atomic E-state index is 10.9. The highest BCUT2D eigenvalue weighted by molar-refractivity contribution is 5.82. The van der Waals surface area contributed by atoms with E-state index in [1.807, 2.05) is 24.3 Å². The van der Waals surface area contributed by atoms with Crippen LogP contribution in [-0.4, -0.2) is 4.92 Å². The van der Waals surface area contributed by atoms with Gasteiger partial charge in [0.25, 0.3) is 5.69 Å². The van der Waals surface area contributed by atoms with Crippen LogP contribution in [0.3, 0.4) is 0 Å². The molecule has 0 spiro atoms. The quantitative estimate of drug-likeness (QED) is 0.559. The van der Waals surface area contributed by atoms with Crippen LogP contribution in [0.5, 0.6) is 0 Å². The van der Waals surface area contributed by atoms with Crippen molar-refractivity contribution in [3.05, 3.63) is 63.7 Å². The summed E-state index contributed by atoms with van der Waals surface area (Å²) in [6, 6.07) is 13.3. The molecule has 0 atom stereocenters. The van der Waals surface area contributed by atoms with E-state index in [0.717, 1.165) is 16.7 Å². The van der Waals surface area contributed by atoms with Gasteiger partial charge in [0.05, 0.1) is 4.92 Å². The van der Waals surface area contributed by atoms with E-state index in [1.54, 1.807) is 12.1 Å². The summed E-state index contributed by atoms with van der Waals surface area (Å²) in [7, 11) is 0. The van der Waals surface area contributed by atoms with Crippen LogP contribution in [0.15, 0.2) is 42.5 Å². The standard InChI is InChI=1S/C15H13NO2/c1-15(2)13-6-4-3-5-11(13)12-9-10(16(17)18)7-8-14(12)15/h3-9H,1-2H3. The minimum Gasteiger partial charge on any atom is -0.258 e. The fourth-order valence-corrected chi connectivity index (χ4v) is 2.82. The number of fused-ring (bicyclic) bond motifs is 3. The number of nitrogens with zero attached hydrogens (tertiary/aromatic N) is 1. The lowest BCUT2D eigenvalue weighted by Crippen LogP contribution is -2.14. The van der Waals surface area contributed by atoms with Crippen LogP contribution < -0.4 is 0 Å². The highest BCUT2D eigenvalue weighted by atomic mass is 16.6. The molecule has 2 aromatic rings. The van der Waals surface area contributed by atoms with Crippen LogP contribution in [0.25, 0.3) is 11.1 Å². The first kappa shape index (κ1) is 11.0. The van der Waals surface area contributed by atoms with Gasteiger partial charge in [-0.05, 0) is 22.3 Å². The first-order chi connectivity index (χ1) is 8.51. The molecule has 0 saturated heterocycles. The van der Waals surface area contributed by atoms with E-state index in [2.05, 4.69) is 19.9 Å². The maximum absolute atomic E-state index is 10.9. The zero-order valence-corrected chi connectivity index (χ0v) is 10.3. The fourth-order valence-electron chi connectivity index (χ4n) is 2.82. The normalized spacial score (nSPS) is 15.0. The number of nitro groups is 1. The predicted molar refractivity (Wildman–Crippen MR) is 70.7 cm³/mol. The lowest BCUT2D eigenvalue weighted by Gasteiger charge is -2.20. The molecule has 1 aliphatic rings. The Morgan fingerprint density at radius 1 is 1.00 bits per heavy atom. The molecule has 3 rings (SSSR count). The Morgan fingerprint density at radius 2 is 1.67 bits per heavy atom. The van der Waals surface area contributed by atoms with Gasteiger partial charge in [0.15, 0.2) is 0 Å². The molecule has 0 aliphatic heterocycles.